The summed E-state index contributed by atoms with van der Waals surface area (Å²) in [6.07, 6.45) is -0.0179. The van der Waals surface area contributed by atoms with E-state index >= 15 is 0 Å². The highest BCUT2D eigenvalue weighted by molar-refractivity contribution is 4.48. The Morgan fingerprint density at radius 3 is 2.90 bits per heavy atom. The standard InChI is InChI=1S/C6H16N2O2/c1-6(8-3-2-7)10-5-4-9/h6,8-9H,2-5,7H2,1H3. The summed E-state index contributed by atoms with van der Waals surface area (Å²) in [6.45, 7) is 3.66. The zero-order chi connectivity index (χ0) is 7.82. The lowest BCUT2D eigenvalue weighted by atomic mass is 10.5. The molecular weight excluding hydrogens is 132 g/mol. The molecule has 0 aliphatic rings. The Hall–Kier alpha value is -0.160. The molecule has 0 aromatic carbocycles. The number of aliphatic hydroxyl groups is 1. The van der Waals surface area contributed by atoms with Crippen molar-refractivity contribution < 1.29 is 9.84 Å². The molecule has 0 heterocycles. The topological polar surface area (TPSA) is 67.5 Å². The molecule has 0 rings (SSSR count). The number of nitrogens with one attached hydrogen (secondary N) is 1. The van der Waals surface area contributed by atoms with Crippen LogP contribution >= 0.6 is 0 Å². The highest BCUT2D eigenvalue weighted by atomic mass is 16.5. The summed E-state index contributed by atoms with van der Waals surface area (Å²) in [4.78, 5) is 0. The molecule has 10 heavy (non-hydrogen) atoms. The van der Waals surface area contributed by atoms with Crippen molar-refractivity contribution in [3.63, 3.8) is 0 Å². The van der Waals surface area contributed by atoms with Gasteiger partial charge in [-0.05, 0) is 6.92 Å². The van der Waals surface area contributed by atoms with Crippen molar-refractivity contribution in [3.8, 4) is 0 Å². The maximum Gasteiger partial charge on any atom is 0.105 e. The third kappa shape index (κ3) is 5.97. The van der Waals surface area contributed by atoms with Gasteiger partial charge in [0.15, 0.2) is 0 Å². The zero-order valence-corrected chi connectivity index (χ0v) is 6.34. The average molecular weight is 148 g/mol. The number of ether oxygens (including phenoxy) is 1. The molecule has 0 saturated heterocycles. The Morgan fingerprint density at radius 1 is 1.70 bits per heavy atom. The van der Waals surface area contributed by atoms with Crippen LogP contribution in [0.4, 0.5) is 0 Å². The summed E-state index contributed by atoms with van der Waals surface area (Å²) in [6, 6.07) is 0. The molecule has 0 aliphatic carbocycles. The van der Waals surface area contributed by atoms with E-state index < -0.39 is 0 Å². The number of rotatable bonds is 6. The van der Waals surface area contributed by atoms with E-state index in [4.69, 9.17) is 15.6 Å². The summed E-state index contributed by atoms with van der Waals surface area (Å²) >= 11 is 0. The second-order valence-corrected chi connectivity index (χ2v) is 1.98. The highest BCUT2D eigenvalue weighted by Gasteiger charge is 1.96. The lowest BCUT2D eigenvalue weighted by Crippen LogP contribution is -2.33. The van der Waals surface area contributed by atoms with E-state index in [0.717, 1.165) is 6.54 Å². The summed E-state index contributed by atoms with van der Waals surface area (Å²) in [7, 11) is 0. The van der Waals surface area contributed by atoms with Crippen LogP contribution in [0.25, 0.3) is 0 Å². The Bertz CT molecular complexity index is 62.8. The van der Waals surface area contributed by atoms with Gasteiger partial charge in [0.25, 0.3) is 0 Å². The zero-order valence-electron chi connectivity index (χ0n) is 6.34. The van der Waals surface area contributed by atoms with Crippen LogP contribution in [0.3, 0.4) is 0 Å². The second kappa shape index (κ2) is 6.95. The van der Waals surface area contributed by atoms with Crippen molar-refractivity contribution in [1.29, 1.82) is 0 Å². The summed E-state index contributed by atoms with van der Waals surface area (Å²) in [5.74, 6) is 0. The number of nitrogens with two attached hydrogens (primary N) is 1. The minimum Gasteiger partial charge on any atom is -0.394 e. The van der Waals surface area contributed by atoms with Crippen molar-refractivity contribution >= 4 is 0 Å². The van der Waals surface area contributed by atoms with Gasteiger partial charge in [-0.3, -0.25) is 5.32 Å². The van der Waals surface area contributed by atoms with Crippen LogP contribution in [0.5, 0.6) is 0 Å². The molecule has 4 nitrogen and oxygen atoms in total. The SMILES string of the molecule is CC(NCCN)OCCO. The number of aliphatic hydroxyl groups excluding tert-OH is 1. The van der Waals surface area contributed by atoms with E-state index in [-0.39, 0.29) is 12.8 Å². The predicted octanol–water partition coefficient (Wildman–Crippen LogP) is -1.11. The smallest absolute Gasteiger partial charge is 0.105 e. The highest BCUT2D eigenvalue weighted by Crippen LogP contribution is 1.82. The first-order valence-electron chi connectivity index (χ1n) is 3.47. The van der Waals surface area contributed by atoms with Crippen LogP contribution in [-0.2, 0) is 4.74 Å². The quantitative estimate of drug-likeness (QED) is 0.418. The van der Waals surface area contributed by atoms with Crippen molar-refractivity contribution in [3.05, 3.63) is 0 Å². The monoisotopic (exact) mass is 148 g/mol. The fraction of sp³-hybridized carbons (Fsp3) is 1.00. The first kappa shape index (κ1) is 9.84. The van der Waals surface area contributed by atoms with Gasteiger partial charge in [-0.2, -0.15) is 0 Å². The van der Waals surface area contributed by atoms with Crippen molar-refractivity contribution in [1.82, 2.24) is 5.32 Å². The Kier molecular flexibility index (Phi) is 6.84. The summed E-state index contributed by atoms with van der Waals surface area (Å²) in [5, 5.41) is 11.4. The maximum absolute atomic E-state index is 8.36. The molecule has 0 aliphatic heterocycles. The average Bonchev–Trinajstić information content (AvgIpc) is 1.97. The molecule has 1 unspecified atom stereocenters. The normalized spacial score (nSPS) is 13.5. The molecule has 62 valence electrons. The van der Waals surface area contributed by atoms with Crippen molar-refractivity contribution in [2.45, 2.75) is 13.2 Å². The van der Waals surface area contributed by atoms with Crippen LogP contribution in [0, 0.1) is 0 Å². The van der Waals surface area contributed by atoms with E-state index in [1.54, 1.807) is 0 Å². The number of hydrogen-bond acceptors (Lipinski definition) is 4. The van der Waals surface area contributed by atoms with Gasteiger partial charge < -0.3 is 15.6 Å². The Balaban J connectivity index is 3.00. The third-order valence-electron chi connectivity index (χ3n) is 1.04. The largest absolute Gasteiger partial charge is 0.394 e. The van der Waals surface area contributed by atoms with Crippen LogP contribution in [0.15, 0.2) is 0 Å². The molecular formula is C6H16N2O2. The summed E-state index contributed by atoms with van der Waals surface area (Å²) in [5.41, 5.74) is 5.24. The van der Waals surface area contributed by atoms with Gasteiger partial charge in [0, 0.05) is 13.1 Å². The first-order valence-corrected chi connectivity index (χ1v) is 3.47. The summed E-state index contributed by atoms with van der Waals surface area (Å²) < 4.78 is 5.08. The predicted molar refractivity (Wildman–Crippen MR) is 39.6 cm³/mol. The third-order valence-corrected chi connectivity index (χ3v) is 1.04. The minimum absolute atomic E-state index is 0.0179. The van der Waals surface area contributed by atoms with Gasteiger partial charge >= 0.3 is 0 Å². The minimum atomic E-state index is -0.0179. The molecule has 0 fully saturated rings. The first-order chi connectivity index (χ1) is 4.81. The molecule has 0 aromatic heterocycles. The molecule has 0 amide bonds. The Labute approximate surface area is 61.4 Å². The molecule has 0 aromatic rings. The van der Waals surface area contributed by atoms with Crippen LogP contribution < -0.4 is 11.1 Å². The van der Waals surface area contributed by atoms with Gasteiger partial charge in [0.05, 0.1) is 13.2 Å². The van der Waals surface area contributed by atoms with Gasteiger partial charge in [0.1, 0.15) is 6.23 Å². The van der Waals surface area contributed by atoms with E-state index in [0.29, 0.717) is 13.2 Å². The lowest BCUT2D eigenvalue weighted by molar-refractivity contribution is 0.0210. The molecule has 0 radical (unpaired) electrons. The Morgan fingerprint density at radius 2 is 2.40 bits per heavy atom. The molecule has 4 heteroatoms. The fourth-order valence-corrected chi connectivity index (χ4v) is 0.575. The van der Waals surface area contributed by atoms with E-state index in [2.05, 4.69) is 5.32 Å². The molecule has 0 spiro atoms. The molecule has 0 bridgehead atoms. The van der Waals surface area contributed by atoms with Crippen LogP contribution in [0.2, 0.25) is 0 Å². The van der Waals surface area contributed by atoms with Crippen LogP contribution in [0.1, 0.15) is 6.92 Å². The van der Waals surface area contributed by atoms with E-state index in [1.807, 2.05) is 6.92 Å². The van der Waals surface area contributed by atoms with E-state index in [9.17, 15) is 0 Å². The number of hydrogen-bond donors (Lipinski definition) is 3. The maximum atomic E-state index is 8.36. The van der Waals surface area contributed by atoms with Gasteiger partial charge in [-0.15, -0.1) is 0 Å². The molecule has 1 atom stereocenters. The lowest BCUT2D eigenvalue weighted by Gasteiger charge is -2.12. The van der Waals surface area contributed by atoms with Gasteiger partial charge in [-0.1, -0.05) is 0 Å². The molecule has 0 saturated carbocycles. The van der Waals surface area contributed by atoms with Crippen LogP contribution in [-0.4, -0.2) is 37.6 Å². The van der Waals surface area contributed by atoms with Gasteiger partial charge in [-0.25, -0.2) is 0 Å². The van der Waals surface area contributed by atoms with Crippen molar-refractivity contribution in [2.75, 3.05) is 26.3 Å². The fourth-order valence-electron chi connectivity index (χ4n) is 0.575. The van der Waals surface area contributed by atoms with E-state index in [1.165, 1.54) is 0 Å². The van der Waals surface area contributed by atoms with Crippen molar-refractivity contribution in [2.24, 2.45) is 5.73 Å². The van der Waals surface area contributed by atoms with Gasteiger partial charge in [0.2, 0.25) is 0 Å². The molecule has 4 N–H and O–H groups in total. The second-order valence-electron chi connectivity index (χ2n) is 1.98.